The molecule has 0 aromatic heterocycles. The van der Waals surface area contributed by atoms with Gasteiger partial charge in [0.25, 0.3) is 0 Å². The van der Waals surface area contributed by atoms with Gasteiger partial charge in [-0.25, -0.2) is 0 Å². The SMILES string of the molecule is CC(S)(CN)CC(O)CO. The molecule has 2 atom stereocenters. The first-order valence-corrected chi connectivity index (χ1v) is 3.68. The highest BCUT2D eigenvalue weighted by Crippen LogP contribution is 2.18. The van der Waals surface area contributed by atoms with Gasteiger partial charge in [-0.15, -0.1) is 0 Å². The van der Waals surface area contributed by atoms with Crippen LogP contribution in [0.5, 0.6) is 0 Å². The van der Waals surface area contributed by atoms with Crippen LogP contribution in [0, 0.1) is 0 Å². The summed E-state index contributed by atoms with van der Waals surface area (Å²) in [4.78, 5) is 0. The molecule has 3 nitrogen and oxygen atoms in total. The summed E-state index contributed by atoms with van der Waals surface area (Å²) in [5.41, 5.74) is 5.34. The Morgan fingerprint density at radius 3 is 2.50 bits per heavy atom. The lowest BCUT2D eigenvalue weighted by Crippen LogP contribution is -2.33. The van der Waals surface area contributed by atoms with Crippen molar-refractivity contribution < 1.29 is 10.2 Å². The summed E-state index contributed by atoms with van der Waals surface area (Å²) in [5, 5.41) is 17.4. The van der Waals surface area contributed by atoms with E-state index in [1.54, 1.807) is 0 Å². The van der Waals surface area contributed by atoms with E-state index in [1.165, 1.54) is 0 Å². The molecule has 62 valence electrons. The highest BCUT2D eigenvalue weighted by atomic mass is 32.1. The van der Waals surface area contributed by atoms with Crippen molar-refractivity contribution in [3.8, 4) is 0 Å². The molecule has 2 unspecified atom stereocenters. The fraction of sp³-hybridized carbons (Fsp3) is 1.00. The summed E-state index contributed by atoms with van der Waals surface area (Å²) in [6.07, 6.45) is -0.283. The number of rotatable bonds is 4. The average molecular weight is 165 g/mol. The molecule has 0 aliphatic rings. The van der Waals surface area contributed by atoms with E-state index in [2.05, 4.69) is 12.6 Å². The number of hydrogen-bond acceptors (Lipinski definition) is 4. The minimum atomic E-state index is -0.703. The predicted octanol–water partition coefficient (Wildman–Crippen LogP) is -0.623. The van der Waals surface area contributed by atoms with Crippen LogP contribution in [-0.2, 0) is 0 Å². The van der Waals surface area contributed by atoms with Gasteiger partial charge in [-0.05, 0) is 13.3 Å². The molecule has 0 aliphatic carbocycles. The van der Waals surface area contributed by atoms with Crippen LogP contribution in [0.1, 0.15) is 13.3 Å². The third kappa shape index (κ3) is 4.11. The molecule has 0 heterocycles. The topological polar surface area (TPSA) is 66.5 Å². The van der Waals surface area contributed by atoms with Crippen LogP contribution >= 0.6 is 12.6 Å². The molecule has 0 amide bonds. The number of aliphatic hydroxyl groups excluding tert-OH is 2. The zero-order valence-corrected chi connectivity index (χ0v) is 7.01. The first-order valence-electron chi connectivity index (χ1n) is 3.23. The molecule has 0 aliphatic heterocycles. The summed E-state index contributed by atoms with van der Waals surface area (Å²) >= 11 is 4.18. The van der Waals surface area contributed by atoms with Crippen molar-refractivity contribution in [1.82, 2.24) is 0 Å². The molecule has 0 fully saturated rings. The van der Waals surface area contributed by atoms with Crippen molar-refractivity contribution >= 4 is 12.6 Å². The van der Waals surface area contributed by atoms with Crippen LogP contribution in [-0.4, -0.2) is 34.2 Å². The monoisotopic (exact) mass is 165 g/mol. The minimum absolute atomic E-state index is 0.226. The third-order valence-corrected chi connectivity index (χ3v) is 1.69. The van der Waals surface area contributed by atoms with Crippen LogP contribution in [0.15, 0.2) is 0 Å². The maximum Gasteiger partial charge on any atom is 0.0784 e. The van der Waals surface area contributed by atoms with Gasteiger partial charge < -0.3 is 15.9 Å². The van der Waals surface area contributed by atoms with Gasteiger partial charge in [0.1, 0.15) is 0 Å². The minimum Gasteiger partial charge on any atom is -0.394 e. The number of thiol groups is 1. The Hall–Kier alpha value is 0.230. The van der Waals surface area contributed by atoms with Crippen LogP contribution in [0.2, 0.25) is 0 Å². The average Bonchev–Trinajstić information content (AvgIpc) is 1.87. The van der Waals surface area contributed by atoms with Gasteiger partial charge in [0.05, 0.1) is 12.7 Å². The van der Waals surface area contributed by atoms with Crippen LogP contribution < -0.4 is 5.73 Å². The lowest BCUT2D eigenvalue weighted by atomic mass is 10.0. The highest BCUT2D eigenvalue weighted by Gasteiger charge is 2.20. The maximum absolute atomic E-state index is 8.97. The number of nitrogens with two attached hydrogens (primary N) is 1. The van der Waals surface area contributed by atoms with E-state index in [1.807, 2.05) is 6.92 Å². The second-order valence-electron chi connectivity index (χ2n) is 2.74. The molecular formula is C6H15NO2S. The second kappa shape index (κ2) is 4.18. The van der Waals surface area contributed by atoms with Gasteiger partial charge in [-0.1, -0.05) is 0 Å². The van der Waals surface area contributed by atoms with Crippen molar-refractivity contribution in [3.05, 3.63) is 0 Å². The maximum atomic E-state index is 8.97. The molecule has 0 saturated carbocycles. The lowest BCUT2D eigenvalue weighted by Gasteiger charge is -2.23. The molecule has 0 bridgehead atoms. The zero-order valence-electron chi connectivity index (χ0n) is 6.12. The summed E-state index contributed by atoms with van der Waals surface area (Å²) in [6.45, 7) is 2.00. The van der Waals surface area contributed by atoms with Gasteiger partial charge in [-0.2, -0.15) is 12.6 Å². The van der Waals surface area contributed by atoms with E-state index >= 15 is 0 Å². The molecule has 0 aromatic rings. The van der Waals surface area contributed by atoms with Crippen molar-refractivity contribution in [2.24, 2.45) is 5.73 Å². The van der Waals surface area contributed by atoms with Crippen LogP contribution in [0.3, 0.4) is 0 Å². The Balaban J connectivity index is 3.64. The molecule has 0 spiro atoms. The van der Waals surface area contributed by atoms with Gasteiger partial charge >= 0.3 is 0 Å². The van der Waals surface area contributed by atoms with E-state index in [0.29, 0.717) is 13.0 Å². The van der Waals surface area contributed by atoms with E-state index in [4.69, 9.17) is 15.9 Å². The van der Waals surface area contributed by atoms with Crippen molar-refractivity contribution in [3.63, 3.8) is 0 Å². The Kier molecular flexibility index (Phi) is 4.28. The van der Waals surface area contributed by atoms with E-state index < -0.39 is 6.10 Å². The fourth-order valence-corrected chi connectivity index (χ4v) is 0.866. The number of aliphatic hydroxyl groups is 2. The Bertz CT molecular complexity index is 97.7. The molecule has 0 radical (unpaired) electrons. The van der Waals surface area contributed by atoms with Crippen LogP contribution in [0.4, 0.5) is 0 Å². The predicted molar refractivity (Wildman–Crippen MR) is 44.2 cm³/mol. The Labute approximate surface area is 66.6 Å². The second-order valence-corrected chi connectivity index (χ2v) is 3.82. The smallest absolute Gasteiger partial charge is 0.0784 e. The third-order valence-electron chi connectivity index (χ3n) is 1.33. The Morgan fingerprint density at radius 1 is 1.70 bits per heavy atom. The highest BCUT2D eigenvalue weighted by molar-refractivity contribution is 7.81. The van der Waals surface area contributed by atoms with Crippen molar-refractivity contribution in [2.45, 2.75) is 24.2 Å². The summed E-state index contributed by atoms with van der Waals surface area (Å²) < 4.78 is -0.373. The standard InChI is InChI=1S/C6H15NO2S/c1-6(10,4-7)2-5(9)3-8/h5,8-10H,2-4,7H2,1H3. The summed E-state index contributed by atoms with van der Waals surface area (Å²) in [7, 11) is 0. The van der Waals surface area contributed by atoms with E-state index in [0.717, 1.165) is 0 Å². The molecular weight excluding hydrogens is 150 g/mol. The van der Waals surface area contributed by atoms with Gasteiger partial charge in [0.2, 0.25) is 0 Å². The van der Waals surface area contributed by atoms with E-state index in [9.17, 15) is 0 Å². The number of hydrogen-bond donors (Lipinski definition) is 4. The van der Waals surface area contributed by atoms with Crippen LogP contribution in [0.25, 0.3) is 0 Å². The quantitative estimate of drug-likeness (QED) is 0.420. The fourth-order valence-electron chi connectivity index (χ4n) is 0.655. The van der Waals surface area contributed by atoms with Crippen molar-refractivity contribution in [1.29, 1.82) is 0 Å². The van der Waals surface area contributed by atoms with E-state index in [-0.39, 0.29) is 11.4 Å². The first kappa shape index (κ1) is 10.2. The zero-order chi connectivity index (χ0) is 8.20. The van der Waals surface area contributed by atoms with Crippen molar-refractivity contribution in [2.75, 3.05) is 13.2 Å². The largest absolute Gasteiger partial charge is 0.394 e. The van der Waals surface area contributed by atoms with Gasteiger partial charge in [0.15, 0.2) is 0 Å². The molecule has 4 heteroatoms. The molecule has 0 aromatic carbocycles. The molecule has 0 rings (SSSR count). The lowest BCUT2D eigenvalue weighted by molar-refractivity contribution is 0.0814. The molecule has 4 N–H and O–H groups in total. The summed E-state index contributed by atoms with van der Waals surface area (Å²) in [5.74, 6) is 0. The Morgan fingerprint density at radius 2 is 2.20 bits per heavy atom. The molecule has 10 heavy (non-hydrogen) atoms. The first-order chi connectivity index (χ1) is 4.52. The van der Waals surface area contributed by atoms with Gasteiger partial charge in [-0.3, -0.25) is 0 Å². The normalized spacial score (nSPS) is 20.1. The van der Waals surface area contributed by atoms with Gasteiger partial charge in [0, 0.05) is 11.3 Å². The summed E-state index contributed by atoms with van der Waals surface area (Å²) in [6, 6.07) is 0. The molecule has 0 saturated heterocycles.